The monoisotopic (exact) mass is 389 g/mol. The summed E-state index contributed by atoms with van der Waals surface area (Å²) in [4.78, 5) is 18.7. The van der Waals surface area contributed by atoms with Crippen LogP contribution in [0.15, 0.2) is 18.2 Å². The molecule has 28 heavy (non-hydrogen) atoms. The minimum atomic E-state index is -0.451. The van der Waals surface area contributed by atoms with E-state index in [0.29, 0.717) is 49.1 Å². The minimum absolute atomic E-state index is 0.0581. The zero-order valence-corrected chi connectivity index (χ0v) is 16.5. The molecule has 1 aromatic heterocycles. The van der Waals surface area contributed by atoms with Crippen LogP contribution < -0.4 is 15.2 Å². The fraction of sp³-hybridized carbons (Fsp3) is 0.526. The van der Waals surface area contributed by atoms with Crippen molar-refractivity contribution in [3.63, 3.8) is 0 Å². The quantitative estimate of drug-likeness (QED) is 0.708. The fourth-order valence-electron chi connectivity index (χ4n) is 3.30. The molecule has 1 aliphatic heterocycles. The second kappa shape index (κ2) is 8.57. The van der Waals surface area contributed by atoms with Crippen LogP contribution in [0.4, 0.5) is 0 Å². The van der Waals surface area contributed by atoms with E-state index in [9.17, 15) is 9.90 Å². The number of carbonyl (C=O) groups excluding carboxylic acids is 1. The lowest BCUT2D eigenvalue weighted by atomic mass is 10.1. The standard InChI is InChI=1S/C19H27N5O4/c1-12(20)19-21-17(9-13-4-5-15(27-2)16(8-13)28-3)22-24(19)11-18(26)23-7-6-14(25)10-23/h4-5,8,12,14,25H,6-7,9-11,20H2,1-3H3/t12-,14-/m1/s1. The van der Waals surface area contributed by atoms with E-state index in [2.05, 4.69) is 10.1 Å². The van der Waals surface area contributed by atoms with Crippen LogP contribution in [0.3, 0.4) is 0 Å². The van der Waals surface area contributed by atoms with Gasteiger partial charge in [0, 0.05) is 19.5 Å². The SMILES string of the molecule is COc1ccc(Cc2nc([C@@H](C)N)n(CC(=O)N3CC[C@@H](O)C3)n2)cc1OC. The van der Waals surface area contributed by atoms with Crippen molar-refractivity contribution in [2.45, 2.75) is 38.5 Å². The maximum atomic E-state index is 12.5. The van der Waals surface area contributed by atoms with E-state index < -0.39 is 6.10 Å². The molecule has 0 bridgehead atoms. The lowest BCUT2D eigenvalue weighted by Crippen LogP contribution is -2.33. The Bertz CT molecular complexity index is 836. The Morgan fingerprint density at radius 2 is 2.11 bits per heavy atom. The Kier molecular flexibility index (Phi) is 6.15. The third kappa shape index (κ3) is 4.42. The number of aromatic nitrogens is 3. The molecule has 0 saturated carbocycles. The summed E-state index contributed by atoms with van der Waals surface area (Å²) in [6.45, 7) is 2.79. The van der Waals surface area contributed by atoms with Crippen molar-refractivity contribution in [2.24, 2.45) is 5.73 Å². The van der Waals surface area contributed by atoms with Gasteiger partial charge in [-0.05, 0) is 31.0 Å². The molecule has 2 heterocycles. The van der Waals surface area contributed by atoms with Gasteiger partial charge in [-0.2, -0.15) is 5.10 Å². The van der Waals surface area contributed by atoms with Crippen LogP contribution in [-0.4, -0.2) is 64.1 Å². The Balaban J connectivity index is 1.78. The average molecular weight is 389 g/mol. The van der Waals surface area contributed by atoms with Crippen molar-refractivity contribution in [3.8, 4) is 11.5 Å². The molecule has 1 fully saturated rings. The van der Waals surface area contributed by atoms with Gasteiger partial charge in [0.15, 0.2) is 17.3 Å². The zero-order chi connectivity index (χ0) is 20.3. The summed E-state index contributed by atoms with van der Waals surface area (Å²) < 4.78 is 12.2. The van der Waals surface area contributed by atoms with Crippen molar-refractivity contribution >= 4 is 5.91 Å². The number of methoxy groups -OCH3 is 2. The van der Waals surface area contributed by atoms with Crippen molar-refractivity contribution in [1.82, 2.24) is 19.7 Å². The summed E-state index contributed by atoms with van der Waals surface area (Å²) >= 11 is 0. The number of nitrogens with zero attached hydrogens (tertiary/aromatic N) is 4. The summed E-state index contributed by atoms with van der Waals surface area (Å²) in [6.07, 6.45) is 0.630. The normalized spacial score (nSPS) is 17.6. The number of nitrogens with two attached hydrogens (primary N) is 1. The number of likely N-dealkylation sites (tertiary alicyclic amines) is 1. The average Bonchev–Trinajstić information content (AvgIpc) is 3.28. The number of aliphatic hydroxyl groups is 1. The van der Waals surface area contributed by atoms with E-state index in [0.717, 1.165) is 5.56 Å². The predicted molar refractivity (Wildman–Crippen MR) is 102 cm³/mol. The predicted octanol–water partition coefficient (Wildman–Crippen LogP) is 0.499. The Morgan fingerprint density at radius 3 is 2.71 bits per heavy atom. The first-order valence-electron chi connectivity index (χ1n) is 9.27. The number of ether oxygens (including phenoxy) is 2. The third-order valence-corrected chi connectivity index (χ3v) is 4.76. The molecule has 3 N–H and O–H groups in total. The number of β-amino-alcohol motifs (C(OH)–C–C–N with tert-alkyl or cyclic N) is 1. The molecule has 0 unspecified atom stereocenters. The van der Waals surface area contributed by atoms with Gasteiger partial charge in [-0.25, -0.2) is 9.67 Å². The number of aliphatic hydroxyl groups excluding tert-OH is 1. The molecule has 0 aliphatic carbocycles. The third-order valence-electron chi connectivity index (χ3n) is 4.76. The highest BCUT2D eigenvalue weighted by atomic mass is 16.5. The first kappa shape index (κ1) is 20.1. The van der Waals surface area contributed by atoms with E-state index >= 15 is 0 Å². The molecule has 2 atom stereocenters. The molecular weight excluding hydrogens is 362 g/mol. The molecule has 9 nitrogen and oxygen atoms in total. The number of rotatable bonds is 7. The smallest absolute Gasteiger partial charge is 0.244 e. The second-order valence-electron chi connectivity index (χ2n) is 6.98. The second-order valence-corrected chi connectivity index (χ2v) is 6.98. The van der Waals surface area contributed by atoms with E-state index in [4.69, 9.17) is 15.2 Å². The van der Waals surface area contributed by atoms with Crippen molar-refractivity contribution in [1.29, 1.82) is 0 Å². The maximum absolute atomic E-state index is 12.5. The number of hydrogen-bond acceptors (Lipinski definition) is 7. The summed E-state index contributed by atoms with van der Waals surface area (Å²) in [7, 11) is 3.18. The van der Waals surface area contributed by atoms with Gasteiger partial charge >= 0.3 is 0 Å². The van der Waals surface area contributed by atoms with Gasteiger partial charge in [-0.3, -0.25) is 4.79 Å². The molecule has 3 rings (SSSR count). The van der Waals surface area contributed by atoms with E-state index in [1.54, 1.807) is 23.8 Å². The van der Waals surface area contributed by atoms with Crippen LogP contribution in [-0.2, 0) is 17.8 Å². The van der Waals surface area contributed by atoms with Gasteiger partial charge in [-0.15, -0.1) is 0 Å². The van der Waals surface area contributed by atoms with E-state index in [-0.39, 0.29) is 18.5 Å². The topological polar surface area (TPSA) is 116 Å². The maximum Gasteiger partial charge on any atom is 0.244 e. The van der Waals surface area contributed by atoms with Crippen molar-refractivity contribution in [2.75, 3.05) is 27.3 Å². The highest BCUT2D eigenvalue weighted by molar-refractivity contribution is 5.76. The Morgan fingerprint density at radius 1 is 1.36 bits per heavy atom. The van der Waals surface area contributed by atoms with Gasteiger partial charge in [0.2, 0.25) is 5.91 Å². The number of hydrogen-bond donors (Lipinski definition) is 2. The first-order valence-corrected chi connectivity index (χ1v) is 9.27. The summed E-state index contributed by atoms with van der Waals surface area (Å²) in [5.41, 5.74) is 6.99. The van der Waals surface area contributed by atoms with Crippen molar-refractivity contribution in [3.05, 3.63) is 35.4 Å². The zero-order valence-electron chi connectivity index (χ0n) is 16.5. The van der Waals surface area contributed by atoms with Gasteiger partial charge < -0.3 is 25.2 Å². The highest BCUT2D eigenvalue weighted by Gasteiger charge is 2.26. The molecule has 1 saturated heterocycles. The molecule has 152 valence electrons. The van der Waals surface area contributed by atoms with Crippen LogP contribution in [0, 0.1) is 0 Å². The molecule has 1 amide bonds. The lowest BCUT2D eigenvalue weighted by molar-refractivity contribution is -0.131. The van der Waals surface area contributed by atoms with Crippen molar-refractivity contribution < 1.29 is 19.4 Å². The first-order chi connectivity index (χ1) is 13.4. The lowest BCUT2D eigenvalue weighted by Gasteiger charge is -2.16. The number of carbonyl (C=O) groups is 1. The molecule has 0 radical (unpaired) electrons. The molecule has 0 spiro atoms. The molecular formula is C19H27N5O4. The fourth-order valence-corrected chi connectivity index (χ4v) is 3.30. The van der Waals surface area contributed by atoms with Crippen LogP contribution in [0.1, 0.15) is 36.6 Å². The van der Waals surface area contributed by atoms with E-state index in [1.807, 2.05) is 25.1 Å². The number of amides is 1. The molecule has 1 aromatic carbocycles. The summed E-state index contributed by atoms with van der Waals surface area (Å²) in [6, 6.07) is 5.27. The van der Waals surface area contributed by atoms with Gasteiger partial charge in [0.05, 0.1) is 26.4 Å². The molecule has 2 aromatic rings. The summed E-state index contributed by atoms with van der Waals surface area (Å²) in [5, 5.41) is 14.1. The van der Waals surface area contributed by atoms with Crippen LogP contribution >= 0.6 is 0 Å². The molecule has 9 heteroatoms. The van der Waals surface area contributed by atoms with Gasteiger partial charge in [-0.1, -0.05) is 6.07 Å². The van der Waals surface area contributed by atoms with Crippen LogP contribution in [0.5, 0.6) is 11.5 Å². The largest absolute Gasteiger partial charge is 0.493 e. The van der Waals surface area contributed by atoms with Gasteiger partial charge in [0.25, 0.3) is 0 Å². The minimum Gasteiger partial charge on any atom is -0.493 e. The number of benzene rings is 1. The van der Waals surface area contributed by atoms with Crippen LogP contribution in [0.25, 0.3) is 0 Å². The summed E-state index contributed by atoms with van der Waals surface area (Å²) in [5.74, 6) is 2.33. The molecule has 1 aliphatic rings. The highest BCUT2D eigenvalue weighted by Crippen LogP contribution is 2.28. The van der Waals surface area contributed by atoms with E-state index in [1.165, 1.54) is 0 Å². The van der Waals surface area contributed by atoms with Gasteiger partial charge in [0.1, 0.15) is 12.4 Å². The Hall–Kier alpha value is -2.65. The van der Waals surface area contributed by atoms with Crippen LogP contribution in [0.2, 0.25) is 0 Å². The Labute approximate surface area is 164 Å².